The van der Waals surface area contributed by atoms with Gasteiger partial charge in [-0.25, -0.2) is 0 Å². The zero-order chi connectivity index (χ0) is 12.6. The second-order valence-electron chi connectivity index (χ2n) is 4.54. The van der Waals surface area contributed by atoms with Gasteiger partial charge in [-0.05, 0) is 24.6 Å². The van der Waals surface area contributed by atoms with Gasteiger partial charge in [0.25, 0.3) is 0 Å². The summed E-state index contributed by atoms with van der Waals surface area (Å²) in [5.41, 5.74) is 1.47. The number of nitrogens with zero attached hydrogens (tertiary/aromatic N) is 1. The zero-order valence-corrected chi connectivity index (χ0v) is 10.1. The maximum absolute atomic E-state index is 10.9. The predicted molar refractivity (Wildman–Crippen MR) is 64.1 cm³/mol. The smallest absolute Gasteiger partial charge is 0.310 e. The molecule has 1 atom stereocenters. The summed E-state index contributed by atoms with van der Waals surface area (Å²) in [6, 6.07) is 5.49. The van der Waals surface area contributed by atoms with Gasteiger partial charge in [0.05, 0.1) is 5.92 Å². The van der Waals surface area contributed by atoms with Gasteiger partial charge in [-0.3, -0.25) is 4.79 Å². The van der Waals surface area contributed by atoms with Crippen molar-refractivity contribution in [1.29, 1.82) is 0 Å². The molecule has 0 radical (unpaired) electrons. The van der Waals surface area contributed by atoms with Crippen molar-refractivity contribution in [2.45, 2.75) is 32.6 Å². The fourth-order valence-corrected chi connectivity index (χ4v) is 1.81. The van der Waals surface area contributed by atoms with Gasteiger partial charge in [0.2, 0.25) is 0 Å². The lowest BCUT2D eigenvalue weighted by atomic mass is 9.98. The molecule has 1 heterocycles. The van der Waals surface area contributed by atoms with Gasteiger partial charge in [-0.2, -0.15) is 0 Å². The topological polar surface area (TPSA) is 63.3 Å². The molecule has 1 N–H and O–H groups in total. The van der Waals surface area contributed by atoms with Crippen molar-refractivity contribution in [2.24, 2.45) is 0 Å². The minimum Gasteiger partial charge on any atom is -0.481 e. The average molecular weight is 233 g/mol. The molecule has 0 fully saturated rings. The fraction of sp³-hybridized carbons (Fsp3) is 0.385. The normalized spacial score (nSPS) is 13.2. The van der Waals surface area contributed by atoms with Crippen molar-refractivity contribution in [2.75, 3.05) is 0 Å². The van der Waals surface area contributed by atoms with Crippen LogP contribution >= 0.6 is 0 Å². The minimum atomic E-state index is -0.836. The second-order valence-corrected chi connectivity index (χ2v) is 4.54. The van der Waals surface area contributed by atoms with Crippen molar-refractivity contribution in [3.63, 3.8) is 0 Å². The molecule has 17 heavy (non-hydrogen) atoms. The summed E-state index contributed by atoms with van der Waals surface area (Å²) < 4.78 is 5.27. The Kier molecular flexibility index (Phi) is 2.88. The van der Waals surface area contributed by atoms with Crippen LogP contribution in [0.4, 0.5) is 0 Å². The number of aromatic nitrogens is 1. The van der Waals surface area contributed by atoms with Crippen LogP contribution in [-0.4, -0.2) is 16.2 Å². The second kappa shape index (κ2) is 4.20. The Hall–Kier alpha value is -1.84. The third-order valence-electron chi connectivity index (χ3n) is 2.92. The van der Waals surface area contributed by atoms with E-state index in [1.807, 2.05) is 26.0 Å². The molecule has 1 aromatic heterocycles. The summed E-state index contributed by atoms with van der Waals surface area (Å²) >= 11 is 0. The lowest BCUT2D eigenvalue weighted by Gasteiger charge is -2.05. The Morgan fingerprint density at radius 3 is 2.65 bits per heavy atom. The molecule has 0 aliphatic rings. The SMILES string of the molecule is CC(C)c1onc2cc(C(C)C(=O)O)ccc12. The summed E-state index contributed by atoms with van der Waals surface area (Å²) in [4.78, 5) is 10.9. The highest BCUT2D eigenvalue weighted by molar-refractivity contribution is 5.84. The van der Waals surface area contributed by atoms with Crippen molar-refractivity contribution in [3.05, 3.63) is 29.5 Å². The molecule has 90 valence electrons. The number of carbonyl (C=O) groups is 1. The molecule has 4 heteroatoms. The van der Waals surface area contributed by atoms with Crippen molar-refractivity contribution < 1.29 is 14.4 Å². The molecule has 0 aliphatic heterocycles. The highest BCUT2D eigenvalue weighted by Crippen LogP contribution is 2.27. The summed E-state index contributed by atoms with van der Waals surface area (Å²) in [6.07, 6.45) is 0. The molecule has 0 saturated heterocycles. The summed E-state index contributed by atoms with van der Waals surface area (Å²) in [5.74, 6) is -0.257. The Labute approximate surface area is 99.2 Å². The van der Waals surface area contributed by atoms with Crippen LogP contribution in [0, 0.1) is 0 Å². The van der Waals surface area contributed by atoms with Crippen molar-refractivity contribution in [1.82, 2.24) is 5.16 Å². The van der Waals surface area contributed by atoms with Crippen molar-refractivity contribution >= 4 is 16.9 Å². The number of rotatable bonds is 3. The Morgan fingerprint density at radius 2 is 2.06 bits per heavy atom. The van der Waals surface area contributed by atoms with E-state index in [0.29, 0.717) is 0 Å². The predicted octanol–water partition coefficient (Wildman–Crippen LogP) is 3.14. The average Bonchev–Trinajstić information content (AvgIpc) is 2.70. The first-order chi connectivity index (χ1) is 8.00. The zero-order valence-electron chi connectivity index (χ0n) is 10.1. The number of hydrogen-bond acceptors (Lipinski definition) is 3. The molecule has 4 nitrogen and oxygen atoms in total. The van der Waals surface area contributed by atoms with Crippen LogP contribution in [0.25, 0.3) is 10.9 Å². The van der Waals surface area contributed by atoms with Crippen LogP contribution in [0.3, 0.4) is 0 Å². The van der Waals surface area contributed by atoms with Crippen LogP contribution in [0.2, 0.25) is 0 Å². The quantitative estimate of drug-likeness (QED) is 0.884. The molecule has 0 aliphatic carbocycles. The first-order valence-corrected chi connectivity index (χ1v) is 5.62. The molecule has 2 rings (SSSR count). The molecule has 0 amide bonds. The Bertz CT molecular complexity index is 557. The maximum atomic E-state index is 10.9. The number of fused-ring (bicyclic) bond motifs is 1. The van der Waals surface area contributed by atoms with Gasteiger partial charge in [0.15, 0.2) is 0 Å². The minimum absolute atomic E-state index is 0.266. The summed E-state index contributed by atoms with van der Waals surface area (Å²) in [7, 11) is 0. The van der Waals surface area contributed by atoms with E-state index >= 15 is 0 Å². The third-order valence-corrected chi connectivity index (χ3v) is 2.92. The van der Waals surface area contributed by atoms with E-state index in [9.17, 15) is 4.79 Å². The Morgan fingerprint density at radius 1 is 1.35 bits per heavy atom. The fourth-order valence-electron chi connectivity index (χ4n) is 1.81. The highest BCUT2D eigenvalue weighted by atomic mass is 16.5. The number of carboxylic acid groups (broad SMARTS) is 1. The molecular weight excluding hydrogens is 218 g/mol. The van der Waals surface area contributed by atoms with E-state index in [-0.39, 0.29) is 5.92 Å². The molecular formula is C13H15NO3. The monoisotopic (exact) mass is 233 g/mol. The lowest BCUT2D eigenvalue weighted by molar-refractivity contribution is -0.138. The molecule has 2 aromatic rings. The molecule has 0 bridgehead atoms. The van der Waals surface area contributed by atoms with Crippen LogP contribution in [0.1, 0.15) is 43.9 Å². The van der Waals surface area contributed by atoms with Crippen LogP contribution in [0.5, 0.6) is 0 Å². The standard InChI is InChI=1S/C13H15NO3/c1-7(2)12-10-5-4-9(8(3)13(15)16)6-11(10)14-17-12/h4-8H,1-3H3,(H,15,16). The molecule has 1 unspecified atom stereocenters. The van der Waals surface area contributed by atoms with Gasteiger partial charge in [0.1, 0.15) is 11.3 Å². The molecule has 0 saturated carbocycles. The maximum Gasteiger partial charge on any atom is 0.310 e. The molecule has 1 aromatic carbocycles. The van der Waals surface area contributed by atoms with Gasteiger partial charge in [-0.15, -0.1) is 0 Å². The van der Waals surface area contributed by atoms with Crippen LogP contribution in [-0.2, 0) is 4.79 Å². The van der Waals surface area contributed by atoms with E-state index in [4.69, 9.17) is 9.63 Å². The first kappa shape index (κ1) is 11.6. The van der Waals surface area contributed by atoms with E-state index in [0.717, 1.165) is 22.2 Å². The number of benzene rings is 1. The Balaban J connectivity index is 2.49. The van der Waals surface area contributed by atoms with Gasteiger partial charge in [0, 0.05) is 11.3 Å². The lowest BCUT2D eigenvalue weighted by Crippen LogP contribution is -2.07. The van der Waals surface area contributed by atoms with Gasteiger partial charge < -0.3 is 9.63 Å². The van der Waals surface area contributed by atoms with E-state index in [2.05, 4.69) is 5.16 Å². The van der Waals surface area contributed by atoms with E-state index in [1.54, 1.807) is 13.0 Å². The first-order valence-electron chi connectivity index (χ1n) is 5.62. The summed E-state index contributed by atoms with van der Waals surface area (Å²) in [6.45, 7) is 5.73. The van der Waals surface area contributed by atoms with Gasteiger partial charge in [-0.1, -0.05) is 25.1 Å². The van der Waals surface area contributed by atoms with Crippen LogP contribution in [0.15, 0.2) is 22.7 Å². The van der Waals surface area contributed by atoms with E-state index < -0.39 is 11.9 Å². The molecule has 0 spiro atoms. The van der Waals surface area contributed by atoms with Crippen LogP contribution < -0.4 is 0 Å². The van der Waals surface area contributed by atoms with Crippen molar-refractivity contribution in [3.8, 4) is 0 Å². The number of carboxylic acids is 1. The third kappa shape index (κ3) is 2.02. The number of aliphatic carboxylic acids is 1. The van der Waals surface area contributed by atoms with Gasteiger partial charge >= 0.3 is 5.97 Å². The van der Waals surface area contributed by atoms with E-state index in [1.165, 1.54) is 0 Å². The number of hydrogen-bond donors (Lipinski definition) is 1. The summed E-state index contributed by atoms with van der Waals surface area (Å²) in [5, 5.41) is 13.9. The highest BCUT2D eigenvalue weighted by Gasteiger charge is 2.17. The largest absolute Gasteiger partial charge is 0.481 e.